The Bertz CT molecular complexity index is 1040. The maximum Gasteiger partial charge on any atom is 0.321 e. The Morgan fingerprint density at radius 3 is 3.04 bits per heavy atom. The van der Waals surface area contributed by atoms with Gasteiger partial charge >= 0.3 is 5.97 Å². The van der Waals surface area contributed by atoms with Crippen LogP contribution in [0.1, 0.15) is 17.0 Å². The molecule has 26 heavy (non-hydrogen) atoms. The van der Waals surface area contributed by atoms with E-state index in [1.54, 1.807) is 36.5 Å². The first-order valence-electron chi connectivity index (χ1n) is 8.23. The Hall–Kier alpha value is -3.13. The molecule has 0 spiro atoms. The summed E-state index contributed by atoms with van der Waals surface area (Å²) >= 11 is 0. The number of carboxylic acids is 1. The van der Waals surface area contributed by atoms with Gasteiger partial charge in [0.1, 0.15) is 11.8 Å². The van der Waals surface area contributed by atoms with Gasteiger partial charge in [-0.2, -0.15) is 0 Å². The van der Waals surface area contributed by atoms with Crippen molar-refractivity contribution in [2.45, 2.75) is 25.6 Å². The minimum Gasteiger partial charge on any atom is -0.497 e. The molecule has 0 bridgehead atoms. The number of pyridine rings is 1. The molecule has 4 rings (SSSR count). The van der Waals surface area contributed by atoms with Crippen LogP contribution in [0.25, 0.3) is 10.9 Å². The molecule has 0 unspecified atom stereocenters. The predicted molar refractivity (Wildman–Crippen MR) is 94.1 cm³/mol. The summed E-state index contributed by atoms with van der Waals surface area (Å²) in [6.45, 7) is 0.639. The highest BCUT2D eigenvalue weighted by Crippen LogP contribution is 2.24. The SMILES string of the molecule is COc1ccc2[nH]c(=O)c(CN3Cc4[nH]cnc4C[C@@H]3C(=O)O)cc2c1. The molecule has 0 aliphatic carbocycles. The molecular weight excluding hydrogens is 336 g/mol. The molecule has 134 valence electrons. The zero-order valence-corrected chi connectivity index (χ0v) is 14.2. The van der Waals surface area contributed by atoms with Gasteiger partial charge < -0.3 is 19.8 Å². The van der Waals surface area contributed by atoms with Gasteiger partial charge in [-0.15, -0.1) is 0 Å². The van der Waals surface area contributed by atoms with Crippen molar-refractivity contribution < 1.29 is 14.6 Å². The number of imidazole rings is 1. The van der Waals surface area contributed by atoms with E-state index in [1.807, 2.05) is 6.07 Å². The van der Waals surface area contributed by atoms with E-state index in [2.05, 4.69) is 15.0 Å². The van der Waals surface area contributed by atoms with Crippen LogP contribution in [0.2, 0.25) is 0 Å². The first-order valence-corrected chi connectivity index (χ1v) is 8.23. The first-order chi connectivity index (χ1) is 12.5. The summed E-state index contributed by atoms with van der Waals surface area (Å²) in [7, 11) is 1.58. The standard InChI is InChI=1S/C18H18N4O4/c1-26-12-2-3-13-10(5-12)4-11(17(23)21-13)7-22-8-15-14(19-9-20-15)6-16(22)18(24)25/h2-5,9,16H,6-8H2,1H3,(H,19,20)(H,21,23)(H,24,25)/t16-/m1/s1. The molecule has 3 N–H and O–H groups in total. The number of carbonyl (C=O) groups is 1. The second-order valence-corrected chi connectivity index (χ2v) is 6.37. The summed E-state index contributed by atoms with van der Waals surface area (Å²) in [4.78, 5) is 36.0. The molecule has 0 fully saturated rings. The molecule has 2 aromatic heterocycles. The molecule has 0 radical (unpaired) electrons. The van der Waals surface area contributed by atoms with Gasteiger partial charge in [0.15, 0.2) is 0 Å². The third kappa shape index (κ3) is 2.84. The normalized spacial score (nSPS) is 17.2. The molecule has 1 atom stereocenters. The van der Waals surface area contributed by atoms with Gasteiger partial charge in [0.05, 0.1) is 24.8 Å². The van der Waals surface area contributed by atoms with Crippen molar-refractivity contribution >= 4 is 16.9 Å². The molecule has 1 aromatic carbocycles. The molecule has 8 heteroatoms. The minimum atomic E-state index is -0.919. The maximum absolute atomic E-state index is 12.5. The van der Waals surface area contributed by atoms with Crippen molar-refractivity contribution in [3.63, 3.8) is 0 Å². The number of aromatic nitrogens is 3. The Morgan fingerprint density at radius 2 is 2.27 bits per heavy atom. The molecular formula is C18H18N4O4. The van der Waals surface area contributed by atoms with E-state index in [0.29, 0.717) is 29.8 Å². The topological polar surface area (TPSA) is 111 Å². The number of nitrogens with zero attached hydrogens (tertiary/aromatic N) is 2. The van der Waals surface area contributed by atoms with E-state index in [4.69, 9.17) is 4.74 Å². The number of H-pyrrole nitrogens is 2. The third-order valence-electron chi connectivity index (χ3n) is 4.78. The quantitative estimate of drug-likeness (QED) is 0.651. The molecule has 0 saturated heterocycles. The molecule has 3 heterocycles. The van der Waals surface area contributed by atoms with Gasteiger partial charge in [0, 0.05) is 36.0 Å². The van der Waals surface area contributed by atoms with Crippen LogP contribution in [0.15, 0.2) is 35.4 Å². The number of hydrogen-bond donors (Lipinski definition) is 3. The Balaban J connectivity index is 1.70. The largest absolute Gasteiger partial charge is 0.497 e. The van der Waals surface area contributed by atoms with E-state index >= 15 is 0 Å². The second-order valence-electron chi connectivity index (χ2n) is 6.37. The van der Waals surface area contributed by atoms with Crippen molar-refractivity contribution in [2.75, 3.05) is 7.11 Å². The lowest BCUT2D eigenvalue weighted by Crippen LogP contribution is -2.45. The number of aromatic amines is 2. The van der Waals surface area contributed by atoms with Gasteiger partial charge in [0.25, 0.3) is 5.56 Å². The summed E-state index contributed by atoms with van der Waals surface area (Å²) in [5.74, 6) is -0.225. The van der Waals surface area contributed by atoms with Crippen LogP contribution in [0, 0.1) is 0 Å². The predicted octanol–water partition coefficient (Wildman–Crippen LogP) is 1.27. The van der Waals surface area contributed by atoms with Gasteiger partial charge in [-0.1, -0.05) is 0 Å². The smallest absolute Gasteiger partial charge is 0.321 e. The number of rotatable bonds is 4. The second kappa shape index (κ2) is 6.30. The molecule has 1 aliphatic rings. The van der Waals surface area contributed by atoms with Crippen LogP contribution < -0.4 is 10.3 Å². The molecule has 1 aliphatic heterocycles. The zero-order chi connectivity index (χ0) is 18.3. The van der Waals surface area contributed by atoms with E-state index < -0.39 is 12.0 Å². The number of aliphatic carboxylic acids is 1. The lowest BCUT2D eigenvalue weighted by Gasteiger charge is -2.32. The number of ether oxygens (including phenoxy) is 1. The van der Waals surface area contributed by atoms with Gasteiger partial charge in [0.2, 0.25) is 0 Å². The molecule has 3 aromatic rings. The minimum absolute atomic E-state index is 0.220. The fraction of sp³-hybridized carbons (Fsp3) is 0.278. The van der Waals surface area contributed by atoms with Crippen molar-refractivity contribution in [3.05, 3.63) is 57.9 Å². The number of benzene rings is 1. The van der Waals surface area contributed by atoms with Crippen molar-refractivity contribution in [1.29, 1.82) is 0 Å². The van der Waals surface area contributed by atoms with Crippen molar-refractivity contribution in [1.82, 2.24) is 19.9 Å². The van der Waals surface area contributed by atoms with Crippen LogP contribution in [0.4, 0.5) is 0 Å². The van der Waals surface area contributed by atoms with Crippen LogP contribution in [0.5, 0.6) is 5.75 Å². The van der Waals surface area contributed by atoms with Crippen LogP contribution in [-0.4, -0.2) is 44.1 Å². The van der Waals surface area contributed by atoms with Crippen molar-refractivity contribution in [2.24, 2.45) is 0 Å². The fourth-order valence-corrected chi connectivity index (χ4v) is 3.39. The number of carboxylic acid groups (broad SMARTS) is 1. The number of methoxy groups -OCH3 is 1. The maximum atomic E-state index is 12.5. The highest BCUT2D eigenvalue weighted by molar-refractivity contribution is 5.80. The average Bonchev–Trinajstić information content (AvgIpc) is 3.08. The van der Waals surface area contributed by atoms with Gasteiger partial charge in [-0.3, -0.25) is 14.5 Å². The Kier molecular flexibility index (Phi) is 3.96. The summed E-state index contributed by atoms with van der Waals surface area (Å²) in [6.07, 6.45) is 1.88. The summed E-state index contributed by atoms with van der Waals surface area (Å²) in [5, 5.41) is 10.4. The molecule has 0 amide bonds. The monoisotopic (exact) mass is 354 g/mol. The highest BCUT2D eigenvalue weighted by atomic mass is 16.5. The number of hydrogen-bond acceptors (Lipinski definition) is 5. The van der Waals surface area contributed by atoms with Gasteiger partial charge in [-0.05, 0) is 24.3 Å². The zero-order valence-electron chi connectivity index (χ0n) is 14.2. The van der Waals surface area contributed by atoms with E-state index in [0.717, 1.165) is 16.8 Å². The van der Waals surface area contributed by atoms with Crippen LogP contribution in [-0.2, 0) is 24.3 Å². The van der Waals surface area contributed by atoms with E-state index in [-0.39, 0.29) is 12.1 Å². The number of nitrogens with one attached hydrogen (secondary N) is 2. The first kappa shape index (κ1) is 16.3. The van der Waals surface area contributed by atoms with Crippen LogP contribution >= 0.6 is 0 Å². The fourth-order valence-electron chi connectivity index (χ4n) is 3.39. The van der Waals surface area contributed by atoms with E-state index in [1.165, 1.54) is 0 Å². The number of fused-ring (bicyclic) bond motifs is 2. The van der Waals surface area contributed by atoms with Crippen LogP contribution in [0.3, 0.4) is 0 Å². The molecule has 0 saturated carbocycles. The third-order valence-corrected chi connectivity index (χ3v) is 4.78. The molecule has 8 nitrogen and oxygen atoms in total. The Morgan fingerprint density at radius 1 is 1.42 bits per heavy atom. The average molecular weight is 354 g/mol. The Labute approximate surface area is 148 Å². The summed E-state index contributed by atoms with van der Waals surface area (Å²) < 4.78 is 5.23. The van der Waals surface area contributed by atoms with E-state index in [9.17, 15) is 14.7 Å². The highest BCUT2D eigenvalue weighted by Gasteiger charge is 2.33. The lowest BCUT2D eigenvalue weighted by atomic mass is 10.0. The lowest BCUT2D eigenvalue weighted by molar-refractivity contribution is -0.144. The van der Waals surface area contributed by atoms with Crippen molar-refractivity contribution in [3.8, 4) is 5.75 Å². The summed E-state index contributed by atoms with van der Waals surface area (Å²) in [6, 6.07) is 6.48. The van der Waals surface area contributed by atoms with Gasteiger partial charge in [-0.25, -0.2) is 4.98 Å². The summed E-state index contributed by atoms with van der Waals surface area (Å²) in [5.41, 5.74) is 2.67.